The fourth-order valence-electron chi connectivity index (χ4n) is 3.69. The second kappa shape index (κ2) is 10.1. The van der Waals surface area contributed by atoms with Crippen molar-refractivity contribution in [1.29, 1.82) is 0 Å². The van der Waals surface area contributed by atoms with Gasteiger partial charge in [0.25, 0.3) is 0 Å². The number of rotatable bonds is 6. The molecule has 2 aliphatic rings. The number of carbonyl (C=O) groups excluding carboxylic acids is 1. The van der Waals surface area contributed by atoms with Crippen molar-refractivity contribution < 1.29 is 4.79 Å². The normalized spacial score (nSPS) is 20.7. The Hall–Kier alpha value is -1.02. The van der Waals surface area contributed by atoms with Gasteiger partial charge in [0.05, 0.1) is 6.54 Å². The molecular formula is C21H32ClIN4O. The molecule has 1 heterocycles. The number of benzene rings is 1. The van der Waals surface area contributed by atoms with E-state index in [1.165, 1.54) is 5.56 Å². The van der Waals surface area contributed by atoms with Gasteiger partial charge in [-0.2, -0.15) is 0 Å². The fourth-order valence-corrected chi connectivity index (χ4v) is 3.88. The molecule has 1 saturated heterocycles. The molecule has 1 unspecified atom stereocenters. The summed E-state index contributed by atoms with van der Waals surface area (Å²) in [6.07, 6.45) is 3.26. The zero-order chi connectivity index (χ0) is 19.4. The molecule has 0 bridgehead atoms. The highest BCUT2D eigenvalue weighted by Gasteiger charge is 2.44. The Kier molecular flexibility index (Phi) is 8.43. The van der Waals surface area contributed by atoms with Gasteiger partial charge in [-0.25, -0.2) is 0 Å². The fraction of sp³-hybridized carbons (Fsp3) is 0.619. The Balaban J connectivity index is 0.00000280. The number of nitrogens with one attached hydrogen (secondary N) is 2. The number of aliphatic imine (C=N–C) groups is 1. The van der Waals surface area contributed by atoms with Crippen molar-refractivity contribution in [2.75, 3.05) is 26.2 Å². The summed E-state index contributed by atoms with van der Waals surface area (Å²) in [5, 5.41) is 7.66. The molecule has 156 valence electrons. The van der Waals surface area contributed by atoms with Crippen LogP contribution in [-0.4, -0.2) is 49.0 Å². The minimum Gasteiger partial charge on any atom is -0.357 e. The van der Waals surface area contributed by atoms with Crippen molar-refractivity contribution in [3.05, 3.63) is 34.9 Å². The largest absolute Gasteiger partial charge is 0.357 e. The predicted octanol–water partition coefficient (Wildman–Crippen LogP) is 3.80. The maximum Gasteiger partial charge on any atom is 0.225 e. The van der Waals surface area contributed by atoms with Gasteiger partial charge in [-0.3, -0.25) is 9.79 Å². The van der Waals surface area contributed by atoms with E-state index in [4.69, 9.17) is 16.6 Å². The summed E-state index contributed by atoms with van der Waals surface area (Å²) in [6, 6.07) is 8.41. The van der Waals surface area contributed by atoms with Crippen LogP contribution in [-0.2, 0) is 10.2 Å². The zero-order valence-electron chi connectivity index (χ0n) is 17.0. The van der Waals surface area contributed by atoms with E-state index in [0.29, 0.717) is 0 Å². The van der Waals surface area contributed by atoms with Gasteiger partial charge in [-0.05, 0) is 43.9 Å². The van der Waals surface area contributed by atoms with Crippen molar-refractivity contribution in [2.45, 2.75) is 51.5 Å². The first-order valence-corrected chi connectivity index (χ1v) is 10.4. The molecule has 3 rings (SSSR count). The molecule has 1 amide bonds. The van der Waals surface area contributed by atoms with Crippen LogP contribution >= 0.6 is 35.6 Å². The third-order valence-corrected chi connectivity index (χ3v) is 5.74. The quantitative estimate of drug-likeness (QED) is 0.342. The highest BCUT2D eigenvalue weighted by atomic mass is 127. The molecule has 5 nitrogen and oxygen atoms in total. The third-order valence-electron chi connectivity index (χ3n) is 5.51. The molecule has 1 aliphatic heterocycles. The van der Waals surface area contributed by atoms with Gasteiger partial charge in [-0.15, -0.1) is 24.0 Å². The van der Waals surface area contributed by atoms with Crippen LogP contribution in [0.5, 0.6) is 0 Å². The minimum absolute atomic E-state index is 0. The molecule has 1 aromatic carbocycles. The number of nitrogens with zero attached hydrogens (tertiary/aromatic N) is 2. The van der Waals surface area contributed by atoms with E-state index >= 15 is 0 Å². The van der Waals surface area contributed by atoms with Gasteiger partial charge < -0.3 is 15.5 Å². The molecule has 0 spiro atoms. The first-order valence-electron chi connectivity index (χ1n) is 10.0. The first-order chi connectivity index (χ1) is 12.9. The van der Waals surface area contributed by atoms with Crippen LogP contribution in [0.1, 0.15) is 45.6 Å². The SMILES string of the molecule is CCNC(=NCC1(c2cccc(Cl)c2)CC1)NC1CCN(C(=O)C(C)C)C1.I. The Morgan fingerprint density at radius 2 is 2.14 bits per heavy atom. The molecule has 1 aliphatic carbocycles. The lowest BCUT2D eigenvalue weighted by molar-refractivity contribution is -0.133. The molecule has 1 saturated carbocycles. The van der Waals surface area contributed by atoms with Crippen molar-refractivity contribution >= 4 is 47.4 Å². The van der Waals surface area contributed by atoms with E-state index in [2.05, 4.69) is 29.7 Å². The first kappa shape index (κ1) is 23.3. The Labute approximate surface area is 190 Å². The smallest absolute Gasteiger partial charge is 0.225 e. The third kappa shape index (κ3) is 5.75. The highest BCUT2D eigenvalue weighted by Crippen LogP contribution is 2.48. The summed E-state index contributed by atoms with van der Waals surface area (Å²) in [7, 11) is 0. The molecular weight excluding hydrogens is 487 g/mol. The summed E-state index contributed by atoms with van der Waals surface area (Å²) in [5.74, 6) is 1.13. The number of guanidine groups is 1. The van der Waals surface area contributed by atoms with E-state index in [1.54, 1.807) is 0 Å². The molecule has 1 atom stereocenters. The standard InChI is InChI=1S/C21H31ClN4O.HI/c1-4-23-20(25-18-8-11-26(13-18)19(27)15(2)3)24-14-21(9-10-21)16-6-5-7-17(22)12-16;/h5-7,12,15,18H,4,8-11,13-14H2,1-3H3,(H2,23,24,25);1H. The Morgan fingerprint density at radius 3 is 2.75 bits per heavy atom. The molecule has 2 N–H and O–H groups in total. The Bertz CT molecular complexity index is 705. The van der Waals surface area contributed by atoms with E-state index in [9.17, 15) is 4.79 Å². The minimum atomic E-state index is 0. The number of amides is 1. The molecule has 1 aromatic rings. The lowest BCUT2D eigenvalue weighted by atomic mass is 9.96. The second-order valence-electron chi connectivity index (χ2n) is 8.05. The topological polar surface area (TPSA) is 56.7 Å². The van der Waals surface area contributed by atoms with Crippen LogP contribution in [0.4, 0.5) is 0 Å². The van der Waals surface area contributed by atoms with Gasteiger partial charge in [0, 0.05) is 42.0 Å². The van der Waals surface area contributed by atoms with E-state index in [1.807, 2.05) is 30.9 Å². The van der Waals surface area contributed by atoms with Gasteiger partial charge in [0.2, 0.25) is 5.91 Å². The zero-order valence-corrected chi connectivity index (χ0v) is 20.1. The van der Waals surface area contributed by atoms with Crippen LogP contribution < -0.4 is 10.6 Å². The van der Waals surface area contributed by atoms with E-state index in [-0.39, 0.29) is 47.3 Å². The number of likely N-dealkylation sites (tertiary alicyclic amines) is 1. The van der Waals surface area contributed by atoms with E-state index in [0.717, 1.165) is 56.4 Å². The lowest BCUT2D eigenvalue weighted by Crippen LogP contribution is -2.45. The predicted molar refractivity (Wildman–Crippen MR) is 127 cm³/mol. The average Bonchev–Trinajstić information content (AvgIpc) is 3.30. The maximum absolute atomic E-state index is 12.2. The average molecular weight is 519 g/mol. The van der Waals surface area contributed by atoms with Crippen LogP contribution in [0.25, 0.3) is 0 Å². The van der Waals surface area contributed by atoms with Crippen molar-refractivity contribution in [2.24, 2.45) is 10.9 Å². The molecule has 28 heavy (non-hydrogen) atoms. The number of halogens is 2. The number of carbonyl (C=O) groups is 1. The summed E-state index contributed by atoms with van der Waals surface area (Å²) in [6.45, 7) is 9.13. The van der Waals surface area contributed by atoms with Crippen LogP contribution in [0.15, 0.2) is 29.3 Å². The second-order valence-corrected chi connectivity index (χ2v) is 8.49. The summed E-state index contributed by atoms with van der Waals surface area (Å²) in [4.78, 5) is 19.0. The number of hydrogen-bond acceptors (Lipinski definition) is 2. The summed E-state index contributed by atoms with van der Waals surface area (Å²) < 4.78 is 0. The van der Waals surface area contributed by atoms with Crippen molar-refractivity contribution in [3.63, 3.8) is 0 Å². The molecule has 0 radical (unpaired) electrons. The monoisotopic (exact) mass is 518 g/mol. The molecule has 7 heteroatoms. The van der Waals surface area contributed by atoms with Crippen molar-refractivity contribution in [3.8, 4) is 0 Å². The van der Waals surface area contributed by atoms with E-state index < -0.39 is 0 Å². The number of hydrogen-bond donors (Lipinski definition) is 2. The Morgan fingerprint density at radius 1 is 1.39 bits per heavy atom. The maximum atomic E-state index is 12.2. The lowest BCUT2D eigenvalue weighted by Gasteiger charge is -2.21. The van der Waals surface area contributed by atoms with Gasteiger partial charge in [-0.1, -0.05) is 37.6 Å². The molecule has 2 fully saturated rings. The molecule has 0 aromatic heterocycles. The van der Waals surface area contributed by atoms with Gasteiger partial charge >= 0.3 is 0 Å². The van der Waals surface area contributed by atoms with Gasteiger partial charge in [0.1, 0.15) is 0 Å². The van der Waals surface area contributed by atoms with Crippen LogP contribution in [0, 0.1) is 5.92 Å². The summed E-state index contributed by atoms with van der Waals surface area (Å²) >= 11 is 6.17. The van der Waals surface area contributed by atoms with Crippen LogP contribution in [0.3, 0.4) is 0 Å². The van der Waals surface area contributed by atoms with Crippen molar-refractivity contribution in [1.82, 2.24) is 15.5 Å². The van der Waals surface area contributed by atoms with Crippen LogP contribution in [0.2, 0.25) is 5.02 Å². The van der Waals surface area contributed by atoms with Gasteiger partial charge in [0.15, 0.2) is 5.96 Å². The highest BCUT2D eigenvalue weighted by molar-refractivity contribution is 14.0. The summed E-state index contributed by atoms with van der Waals surface area (Å²) in [5.41, 5.74) is 1.41.